The number of hydrogen-bond acceptors (Lipinski definition) is 5. The maximum Gasteiger partial charge on any atom is 0.414 e. The van der Waals surface area contributed by atoms with Crippen molar-refractivity contribution in [1.82, 2.24) is 4.90 Å². The van der Waals surface area contributed by atoms with E-state index in [9.17, 15) is 9.59 Å². The Labute approximate surface area is 125 Å². The van der Waals surface area contributed by atoms with Gasteiger partial charge in [0.25, 0.3) is 0 Å². The second kappa shape index (κ2) is 7.11. The summed E-state index contributed by atoms with van der Waals surface area (Å²) in [6.45, 7) is 7.79. The Morgan fingerprint density at radius 3 is 2.67 bits per heavy atom. The van der Waals surface area contributed by atoms with Gasteiger partial charge in [0.05, 0.1) is 12.7 Å². The first-order valence-electron chi connectivity index (χ1n) is 7.05. The number of amides is 1. The highest BCUT2D eigenvalue weighted by Crippen LogP contribution is 2.24. The normalized spacial score (nSPS) is 16.5. The molecule has 0 N–H and O–H groups in total. The minimum atomic E-state index is -0.963. The molecule has 0 radical (unpaired) electrons. The van der Waals surface area contributed by atoms with Crippen molar-refractivity contribution in [1.29, 1.82) is 5.26 Å². The molecule has 0 bridgehead atoms. The van der Waals surface area contributed by atoms with Crippen LogP contribution in [-0.2, 0) is 14.3 Å². The smallest absolute Gasteiger partial charge is 0.414 e. The van der Waals surface area contributed by atoms with Gasteiger partial charge in [-0.2, -0.15) is 5.26 Å². The molecule has 1 heterocycles. The van der Waals surface area contributed by atoms with Crippen LogP contribution in [0.4, 0.5) is 4.79 Å². The van der Waals surface area contributed by atoms with E-state index in [0.29, 0.717) is 25.0 Å². The lowest BCUT2D eigenvalue weighted by Gasteiger charge is -2.29. The first kappa shape index (κ1) is 17.0. The molecule has 6 heteroatoms. The summed E-state index contributed by atoms with van der Waals surface area (Å²) in [4.78, 5) is 25.2. The van der Waals surface area contributed by atoms with Crippen LogP contribution < -0.4 is 0 Å². The molecule has 116 valence electrons. The van der Waals surface area contributed by atoms with Crippen LogP contribution in [0.1, 0.15) is 40.5 Å². The third-order valence-electron chi connectivity index (χ3n) is 2.84. The molecule has 1 aliphatic heterocycles. The number of hydrogen-bond donors (Lipinski definition) is 0. The largest absolute Gasteiger partial charge is 0.465 e. The molecule has 0 spiro atoms. The maximum atomic E-state index is 12.0. The van der Waals surface area contributed by atoms with Crippen molar-refractivity contribution in [3.8, 4) is 6.07 Å². The fraction of sp³-hybridized carbons (Fsp3) is 0.667. The van der Waals surface area contributed by atoms with Crippen molar-refractivity contribution in [3.05, 3.63) is 11.8 Å². The topological polar surface area (TPSA) is 79.6 Å². The number of rotatable bonds is 3. The molecule has 0 saturated heterocycles. The fourth-order valence-electron chi connectivity index (χ4n) is 1.98. The molecule has 0 saturated carbocycles. The van der Waals surface area contributed by atoms with Crippen molar-refractivity contribution in [2.24, 2.45) is 5.92 Å². The second-order valence-corrected chi connectivity index (χ2v) is 5.80. The summed E-state index contributed by atoms with van der Waals surface area (Å²) in [5.74, 6) is -1.53. The number of carbonyl (C=O) groups is 2. The van der Waals surface area contributed by atoms with Gasteiger partial charge in [0.15, 0.2) is 5.92 Å². The molecule has 21 heavy (non-hydrogen) atoms. The van der Waals surface area contributed by atoms with E-state index in [1.165, 1.54) is 4.90 Å². The minimum absolute atomic E-state index is 0.222. The highest BCUT2D eigenvalue weighted by molar-refractivity contribution is 5.79. The number of ether oxygens (including phenoxy) is 2. The zero-order chi connectivity index (χ0) is 16.0. The highest BCUT2D eigenvalue weighted by Gasteiger charge is 2.29. The Balaban J connectivity index is 2.86. The molecular formula is C15H22N2O4. The van der Waals surface area contributed by atoms with Gasteiger partial charge < -0.3 is 9.47 Å². The lowest BCUT2D eigenvalue weighted by Crippen LogP contribution is -2.36. The number of nitrogens with zero attached hydrogens (tertiary/aromatic N) is 2. The molecule has 1 atom stereocenters. The fourth-order valence-corrected chi connectivity index (χ4v) is 1.98. The Morgan fingerprint density at radius 2 is 2.14 bits per heavy atom. The van der Waals surface area contributed by atoms with Crippen molar-refractivity contribution in [2.75, 3.05) is 13.2 Å². The van der Waals surface area contributed by atoms with Gasteiger partial charge in [-0.15, -0.1) is 0 Å². The predicted octanol–water partition coefficient (Wildman–Crippen LogP) is 2.60. The van der Waals surface area contributed by atoms with E-state index >= 15 is 0 Å². The van der Waals surface area contributed by atoms with E-state index in [-0.39, 0.29) is 6.61 Å². The standard InChI is InChI=1S/C15H22N2O4/c1-5-20-13(18)12(9-16)11-7-6-8-17(10-11)14(19)21-15(2,3)4/h10,12H,5-8H2,1-4H3. The third kappa shape index (κ3) is 5.10. The van der Waals surface area contributed by atoms with E-state index in [1.54, 1.807) is 33.9 Å². The van der Waals surface area contributed by atoms with E-state index in [2.05, 4.69) is 0 Å². The van der Waals surface area contributed by atoms with Gasteiger partial charge >= 0.3 is 12.1 Å². The van der Waals surface area contributed by atoms with Gasteiger partial charge in [0.1, 0.15) is 5.60 Å². The summed E-state index contributed by atoms with van der Waals surface area (Å²) < 4.78 is 10.2. The van der Waals surface area contributed by atoms with Crippen molar-refractivity contribution >= 4 is 12.1 Å². The summed E-state index contributed by atoms with van der Waals surface area (Å²) >= 11 is 0. The average Bonchev–Trinajstić information content (AvgIpc) is 2.38. The predicted molar refractivity (Wildman–Crippen MR) is 76.0 cm³/mol. The third-order valence-corrected chi connectivity index (χ3v) is 2.84. The number of nitriles is 1. The van der Waals surface area contributed by atoms with Crippen LogP contribution in [0.5, 0.6) is 0 Å². The van der Waals surface area contributed by atoms with Crippen LogP contribution in [0.3, 0.4) is 0 Å². The summed E-state index contributed by atoms with van der Waals surface area (Å²) in [5, 5.41) is 9.16. The molecule has 0 aromatic heterocycles. The molecular weight excluding hydrogens is 272 g/mol. The van der Waals surface area contributed by atoms with Gasteiger partial charge in [-0.25, -0.2) is 4.79 Å². The van der Waals surface area contributed by atoms with Crippen LogP contribution >= 0.6 is 0 Å². The van der Waals surface area contributed by atoms with Gasteiger partial charge in [-0.3, -0.25) is 9.69 Å². The lowest BCUT2D eigenvalue weighted by atomic mass is 9.95. The van der Waals surface area contributed by atoms with Crippen molar-refractivity contribution < 1.29 is 19.1 Å². The van der Waals surface area contributed by atoms with Gasteiger partial charge in [-0.1, -0.05) is 0 Å². The molecule has 1 aliphatic rings. The van der Waals surface area contributed by atoms with Gasteiger partial charge in [0, 0.05) is 12.7 Å². The summed E-state index contributed by atoms with van der Waals surface area (Å²) in [6, 6.07) is 1.94. The average molecular weight is 294 g/mol. The first-order chi connectivity index (χ1) is 9.78. The Morgan fingerprint density at radius 1 is 1.48 bits per heavy atom. The Hall–Kier alpha value is -2.03. The molecule has 0 aliphatic carbocycles. The Kier molecular flexibility index (Phi) is 5.77. The SMILES string of the molecule is CCOC(=O)C(C#N)C1=CN(C(=O)OC(C)(C)C)CCC1. The molecule has 1 rings (SSSR count). The lowest BCUT2D eigenvalue weighted by molar-refractivity contribution is -0.145. The molecule has 0 aromatic carbocycles. The van der Waals surface area contributed by atoms with Crippen LogP contribution in [0.15, 0.2) is 11.8 Å². The van der Waals surface area contributed by atoms with Gasteiger partial charge in [0.2, 0.25) is 0 Å². The molecule has 1 unspecified atom stereocenters. The second-order valence-electron chi connectivity index (χ2n) is 5.80. The summed E-state index contributed by atoms with van der Waals surface area (Å²) in [5.41, 5.74) is 0.00578. The van der Waals surface area contributed by atoms with E-state index in [1.807, 2.05) is 6.07 Å². The number of esters is 1. The molecule has 6 nitrogen and oxygen atoms in total. The summed E-state index contributed by atoms with van der Waals surface area (Å²) in [7, 11) is 0. The molecule has 0 aromatic rings. The first-order valence-corrected chi connectivity index (χ1v) is 7.05. The van der Waals surface area contributed by atoms with Crippen molar-refractivity contribution in [2.45, 2.75) is 46.1 Å². The highest BCUT2D eigenvalue weighted by atomic mass is 16.6. The zero-order valence-electron chi connectivity index (χ0n) is 13.0. The number of carbonyl (C=O) groups excluding carboxylic acids is 2. The van der Waals surface area contributed by atoms with Crippen molar-refractivity contribution in [3.63, 3.8) is 0 Å². The van der Waals surface area contributed by atoms with E-state index in [4.69, 9.17) is 14.7 Å². The Bertz CT molecular complexity index is 471. The van der Waals surface area contributed by atoms with Crippen LogP contribution in [-0.4, -0.2) is 35.7 Å². The minimum Gasteiger partial charge on any atom is -0.465 e. The maximum absolute atomic E-state index is 12.0. The van der Waals surface area contributed by atoms with E-state index < -0.39 is 23.6 Å². The van der Waals surface area contributed by atoms with Crippen LogP contribution in [0.2, 0.25) is 0 Å². The van der Waals surface area contributed by atoms with Gasteiger partial charge in [-0.05, 0) is 46.1 Å². The quantitative estimate of drug-likeness (QED) is 0.747. The monoisotopic (exact) mass is 294 g/mol. The molecule has 0 fully saturated rings. The summed E-state index contributed by atoms with van der Waals surface area (Å²) in [6.07, 6.45) is 2.35. The van der Waals surface area contributed by atoms with E-state index in [0.717, 1.165) is 0 Å². The van der Waals surface area contributed by atoms with Crippen LogP contribution in [0.25, 0.3) is 0 Å². The molecule has 1 amide bonds. The van der Waals surface area contributed by atoms with Crippen LogP contribution in [0, 0.1) is 17.2 Å². The zero-order valence-corrected chi connectivity index (χ0v) is 13.0.